The van der Waals surface area contributed by atoms with E-state index in [0.29, 0.717) is 12.1 Å². The van der Waals surface area contributed by atoms with Crippen LogP contribution in [0.1, 0.15) is 16.8 Å². The molecular formula is C19H21N5O. The molecule has 0 radical (unpaired) electrons. The van der Waals surface area contributed by atoms with Crippen molar-refractivity contribution in [2.75, 3.05) is 25.0 Å². The molecule has 128 valence electrons. The predicted molar refractivity (Wildman–Crippen MR) is 98.0 cm³/mol. The molecule has 3 aromatic rings. The minimum Gasteiger partial charge on any atom is -0.375 e. The van der Waals surface area contributed by atoms with Crippen LogP contribution in [-0.2, 0) is 0 Å². The second kappa shape index (κ2) is 8.10. The SMILES string of the molecule is CN(CCCNC(=O)c1ccc(-n2cncn2)cc1)c1ccccc1. The minimum atomic E-state index is -0.0625. The molecule has 1 amide bonds. The molecule has 0 saturated heterocycles. The van der Waals surface area contributed by atoms with Gasteiger partial charge in [-0.1, -0.05) is 18.2 Å². The Bertz CT molecular complexity index is 784. The largest absolute Gasteiger partial charge is 0.375 e. The number of carbonyl (C=O) groups is 1. The van der Waals surface area contributed by atoms with Crippen LogP contribution in [-0.4, -0.2) is 40.8 Å². The number of aromatic nitrogens is 3. The molecule has 0 unspecified atom stereocenters. The molecule has 0 bridgehead atoms. The van der Waals surface area contributed by atoms with E-state index >= 15 is 0 Å². The molecule has 1 N–H and O–H groups in total. The second-order valence-electron chi connectivity index (χ2n) is 5.75. The van der Waals surface area contributed by atoms with Gasteiger partial charge in [-0.15, -0.1) is 0 Å². The summed E-state index contributed by atoms with van der Waals surface area (Å²) in [6.07, 6.45) is 3.99. The molecule has 0 fully saturated rings. The van der Waals surface area contributed by atoms with Crippen molar-refractivity contribution in [2.45, 2.75) is 6.42 Å². The molecule has 6 nitrogen and oxygen atoms in total. The van der Waals surface area contributed by atoms with Crippen LogP contribution < -0.4 is 10.2 Å². The Morgan fingerprint density at radius 1 is 1.12 bits per heavy atom. The van der Waals surface area contributed by atoms with Crippen LogP contribution in [0.4, 0.5) is 5.69 Å². The van der Waals surface area contributed by atoms with E-state index in [-0.39, 0.29) is 5.91 Å². The van der Waals surface area contributed by atoms with Gasteiger partial charge in [-0.25, -0.2) is 9.67 Å². The number of amides is 1. The highest BCUT2D eigenvalue weighted by molar-refractivity contribution is 5.94. The highest BCUT2D eigenvalue weighted by Gasteiger charge is 2.06. The molecule has 2 aromatic carbocycles. The first-order valence-corrected chi connectivity index (χ1v) is 8.23. The van der Waals surface area contributed by atoms with Gasteiger partial charge in [0.05, 0.1) is 5.69 Å². The van der Waals surface area contributed by atoms with Crippen LogP contribution in [0.2, 0.25) is 0 Å². The van der Waals surface area contributed by atoms with E-state index in [1.807, 2.05) is 30.3 Å². The summed E-state index contributed by atoms with van der Waals surface area (Å²) in [6.45, 7) is 1.52. The van der Waals surface area contributed by atoms with Crippen LogP contribution in [0.15, 0.2) is 67.3 Å². The lowest BCUT2D eigenvalue weighted by Crippen LogP contribution is -2.28. The summed E-state index contributed by atoms with van der Waals surface area (Å²) in [5.41, 5.74) is 2.69. The number of para-hydroxylation sites is 1. The van der Waals surface area contributed by atoms with E-state index in [2.05, 4.69) is 39.5 Å². The summed E-state index contributed by atoms with van der Waals surface area (Å²) in [5, 5.41) is 7.02. The lowest BCUT2D eigenvalue weighted by Gasteiger charge is -2.19. The van der Waals surface area contributed by atoms with Crippen molar-refractivity contribution in [3.63, 3.8) is 0 Å². The van der Waals surface area contributed by atoms with Crippen LogP contribution in [0.3, 0.4) is 0 Å². The van der Waals surface area contributed by atoms with Crippen molar-refractivity contribution in [3.05, 3.63) is 72.8 Å². The normalized spacial score (nSPS) is 10.4. The molecule has 0 spiro atoms. The van der Waals surface area contributed by atoms with Crippen LogP contribution in [0, 0.1) is 0 Å². The van der Waals surface area contributed by atoms with E-state index in [1.165, 1.54) is 12.0 Å². The summed E-state index contributed by atoms with van der Waals surface area (Å²) in [5.74, 6) is -0.0625. The minimum absolute atomic E-state index is 0.0625. The number of nitrogens with zero attached hydrogens (tertiary/aromatic N) is 4. The van der Waals surface area contributed by atoms with Gasteiger partial charge in [0.15, 0.2) is 0 Å². The first-order valence-electron chi connectivity index (χ1n) is 8.23. The summed E-state index contributed by atoms with van der Waals surface area (Å²) in [7, 11) is 2.06. The third-order valence-electron chi connectivity index (χ3n) is 3.97. The Balaban J connectivity index is 1.45. The molecule has 3 rings (SSSR count). The van der Waals surface area contributed by atoms with E-state index in [1.54, 1.807) is 23.1 Å². The van der Waals surface area contributed by atoms with Crippen molar-refractivity contribution >= 4 is 11.6 Å². The molecule has 0 aliphatic heterocycles. The molecule has 0 aliphatic rings. The molecular weight excluding hydrogens is 314 g/mol. The predicted octanol–water partition coefficient (Wildman–Crippen LogP) is 2.52. The van der Waals surface area contributed by atoms with Gasteiger partial charge in [-0.2, -0.15) is 5.10 Å². The Labute approximate surface area is 147 Å². The average Bonchev–Trinajstić information content (AvgIpc) is 3.20. The number of rotatable bonds is 7. The third-order valence-corrected chi connectivity index (χ3v) is 3.97. The van der Waals surface area contributed by atoms with Gasteiger partial charge in [-0.3, -0.25) is 4.79 Å². The molecule has 0 atom stereocenters. The zero-order chi connectivity index (χ0) is 17.5. The Kier molecular flexibility index (Phi) is 5.41. The summed E-state index contributed by atoms with van der Waals surface area (Å²) in [4.78, 5) is 18.3. The Morgan fingerprint density at radius 2 is 1.88 bits per heavy atom. The van der Waals surface area contributed by atoms with Gasteiger partial charge < -0.3 is 10.2 Å². The van der Waals surface area contributed by atoms with Crippen molar-refractivity contribution < 1.29 is 4.79 Å². The van der Waals surface area contributed by atoms with E-state index < -0.39 is 0 Å². The molecule has 6 heteroatoms. The fourth-order valence-electron chi connectivity index (χ4n) is 2.54. The molecule has 0 aliphatic carbocycles. The smallest absolute Gasteiger partial charge is 0.251 e. The number of nitrogens with one attached hydrogen (secondary N) is 1. The number of anilines is 1. The molecule has 1 aromatic heterocycles. The van der Waals surface area contributed by atoms with Gasteiger partial charge in [0.25, 0.3) is 5.91 Å². The fourth-order valence-corrected chi connectivity index (χ4v) is 2.54. The number of carbonyl (C=O) groups excluding carboxylic acids is 1. The zero-order valence-corrected chi connectivity index (χ0v) is 14.2. The van der Waals surface area contributed by atoms with Crippen molar-refractivity contribution in [1.29, 1.82) is 0 Å². The summed E-state index contributed by atoms with van der Waals surface area (Å²) >= 11 is 0. The monoisotopic (exact) mass is 335 g/mol. The molecule has 25 heavy (non-hydrogen) atoms. The highest BCUT2D eigenvalue weighted by atomic mass is 16.1. The molecule has 0 saturated carbocycles. The lowest BCUT2D eigenvalue weighted by atomic mass is 10.2. The molecule has 1 heterocycles. The second-order valence-corrected chi connectivity index (χ2v) is 5.75. The standard InChI is InChI=1S/C19H21N5O/c1-23(17-6-3-2-4-7-17)13-5-12-21-19(25)16-8-10-18(11-9-16)24-15-20-14-22-24/h2-4,6-11,14-15H,5,12-13H2,1H3,(H,21,25). The maximum Gasteiger partial charge on any atom is 0.251 e. The van der Waals surface area contributed by atoms with Gasteiger partial charge in [-0.05, 0) is 42.8 Å². The summed E-state index contributed by atoms with van der Waals surface area (Å²) in [6, 6.07) is 17.5. The first-order chi connectivity index (χ1) is 12.2. The maximum absolute atomic E-state index is 12.2. The zero-order valence-electron chi connectivity index (χ0n) is 14.2. The number of benzene rings is 2. The van der Waals surface area contributed by atoms with Crippen molar-refractivity contribution in [1.82, 2.24) is 20.1 Å². The van der Waals surface area contributed by atoms with Gasteiger partial charge >= 0.3 is 0 Å². The van der Waals surface area contributed by atoms with E-state index in [0.717, 1.165) is 18.7 Å². The Morgan fingerprint density at radius 3 is 2.56 bits per heavy atom. The first kappa shape index (κ1) is 16.7. The van der Waals surface area contributed by atoms with E-state index in [9.17, 15) is 4.79 Å². The van der Waals surface area contributed by atoms with Gasteiger partial charge in [0.2, 0.25) is 0 Å². The van der Waals surface area contributed by atoms with E-state index in [4.69, 9.17) is 0 Å². The van der Waals surface area contributed by atoms with Crippen molar-refractivity contribution in [3.8, 4) is 5.69 Å². The lowest BCUT2D eigenvalue weighted by molar-refractivity contribution is 0.0953. The quantitative estimate of drug-likeness (QED) is 0.674. The third kappa shape index (κ3) is 4.44. The van der Waals surface area contributed by atoms with Crippen LogP contribution in [0.25, 0.3) is 5.69 Å². The summed E-state index contributed by atoms with van der Waals surface area (Å²) < 4.78 is 1.65. The van der Waals surface area contributed by atoms with Crippen LogP contribution >= 0.6 is 0 Å². The van der Waals surface area contributed by atoms with Crippen molar-refractivity contribution in [2.24, 2.45) is 0 Å². The van der Waals surface area contributed by atoms with Crippen LogP contribution in [0.5, 0.6) is 0 Å². The highest BCUT2D eigenvalue weighted by Crippen LogP contribution is 2.11. The number of hydrogen-bond donors (Lipinski definition) is 1. The maximum atomic E-state index is 12.2. The number of hydrogen-bond acceptors (Lipinski definition) is 4. The fraction of sp³-hybridized carbons (Fsp3) is 0.211. The van der Waals surface area contributed by atoms with Gasteiger partial charge in [0.1, 0.15) is 12.7 Å². The Hall–Kier alpha value is -3.15. The van der Waals surface area contributed by atoms with Gasteiger partial charge in [0, 0.05) is 31.4 Å². The average molecular weight is 335 g/mol. The topological polar surface area (TPSA) is 63.1 Å².